The molecule has 1 N–H and O–H groups in total. The number of aromatic amines is 1. The minimum absolute atomic E-state index is 0.274. The third kappa shape index (κ3) is 2.69. The second-order valence-electron chi connectivity index (χ2n) is 4.09. The Hall–Kier alpha value is -2.07. The van der Waals surface area contributed by atoms with E-state index in [4.69, 9.17) is 16.3 Å². The molecule has 0 amide bonds. The zero-order chi connectivity index (χ0) is 13.2. The van der Waals surface area contributed by atoms with Gasteiger partial charge in [0.05, 0.1) is 11.0 Å². The van der Waals surface area contributed by atoms with Gasteiger partial charge in [-0.2, -0.15) is 0 Å². The zero-order valence-electron chi connectivity index (χ0n) is 9.86. The summed E-state index contributed by atoms with van der Waals surface area (Å²) >= 11 is 5.86. The highest BCUT2D eigenvalue weighted by Crippen LogP contribution is 2.19. The highest BCUT2D eigenvalue weighted by atomic mass is 35.5. The summed E-state index contributed by atoms with van der Waals surface area (Å²) < 4.78 is 18.6. The third-order valence-electron chi connectivity index (χ3n) is 2.66. The molecule has 0 radical (unpaired) electrons. The lowest BCUT2D eigenvalue weighted by molar-refractivity contribution is 0.297. The molecule has 5 heteroatoms. The molecule has 3 nitrogen and oxygen atoms in total. The van der Waals surface area contributed by atoms with Crippen LogP contribution in [0.1, 0.15) is 5.82 Å². The highest BCUT2D eigenvalue weighted by Gasteiger charge is 2.04. The van der Waals surface area contributed by atoms with Crippen LogP contribution in [0.2, 0.25) is 5.02 Å². The number of fused-ring (bicyclic) bond motifs is 1. The SMILES string of the molecule is Fc1ccc2nc(COc3cccc(Cl)c3)[nH]c2c1. The van der Waals surface area contributed by atoms with Crippen LogP contribution in [-0.4, -0.2) is 9.97 Å². The number of benzene rings is 2. The monoisotopic (exact) mass is 276 g/mol. The van der Waals surface area contributed by atoms with Gasteiger partial charge in [-0.05, 0) is 36.4 Å². The van der Waals surface area contributed by atoms with Gasteiger partial charge in [-0.3, -0.25) is 0 Å². The largest absolute Gasteiger partial charge is 0.486 e. The summed E-state index contributed by atoms with van der Waals surface area (Å²) in [6.45, 7) is 0.274. The van der Waals surface area contributed by atoms with Crippen LogP contribution in [0.25, 0.3) is 11.0 Å². The lowest BCUT2D eigenvalue weighted by Gasteiger charge is -2.03. The molecule has 0 aliphatic carbocycles. The maximum Gasteiger partial charge on any atom is 0.146 e. The average Bonchev–Trinajstić information content (AvgIpc) is 2.78. The van der Waals surface area contributed by atoms with Crippen LogP contribution >= 0.6 is 11.6 Å². The molecular weight excluding hydrogens is 267 g/mol. The topological polar surface area (TPSA) is 37.9 Å². The molecule has 1 heterocycles. The molecule has 3 rings (SSSR count). The molecule has 0 bridgehead atoms. The lowest BCUT2D eigenvalue weighted by Crippen LogP contribution is -1.97. The van der Waals surface area contributed by atoms with Crippen LogP contribution < -0.4 is 4.74 Å². The Kier molecular flexibility index (Phi) is 3.09. The van der Waals surface area contributed by atoms with E-state index in [1.165, 1.54) is 12.1 Å². The Balaban J connectivity index is 1.78. The van der Waals surface area contributed by atoms with Crippen LogP contribution in [0.3, 0.4) is 0 Å². The van der Waals surface area contributed by atoms with E-state index in [0.717, 1.165) is 0 Å². The fraction of sp³-hybridized carbons (Fsp3) is 0.0714. The van der Waals surface area contributed by atoms with Crippen LogP contribution in [0.15, 0.2) is 42.5 Å². The maximum absolute atomic E-state index is 13.0. The second-order valence-corrected chi connectivity index (χ2v) is 4.53. The van der Waals surface area contributed by atoms with Gasteiger partial charge in [-0.1, -0.05) is 17.7 Å². The van der Waals surface area contributed by atoms with Crippen molar-refractivity contribution in [1.82, 2.24) is 9.97 Å². The summed E-state index contributed by atoms with van der Waals surface area (Å²) in [5, 5.41) is 0.615. The van der Waals surface area contributed by atoms with E-state index >= 15 is 0 Å². The number of nitrogens with one attached hydrogen (secondary N) is 1. The third-order valence-corrected chi connectivity index (χ3v) is 2.90. The number of hydrogen-bond donors (Lipinski definition) is 1. The normalized spacial score (nSPS) is 10.8. The van der Waals surface area contributed by atoms with E-state index in [1.54, 1.807) is 18.2 Å². The van der Waals surface area contributed by atoms with E-state index in [1.807, 2.05) is 12.1 Å². The Morgan fingerprint density at radius 2 is 2.11 bits per heavy atom. The fourth-order valence-electron chi connectivity index (χ4n) is 1.81. The number of nitrogens with zero attached hydrogens (tertiary/aromatic N) is 1. The molecule has 0 spiro atoms. The van der Waals surface area contributed by atoms with Crippen LogP contribution in [0.4, 0.5) is 4.39 Å². The number of H-pyrrole nitrogens is 1. The number of aromatic nitrogens is 2. The van der Waals surface area contributed by atoms with Crippen LogP contribution in [-0.2, 0) is 6.61 Å². The Bertz CT molecular complexity index is 726. The molecule has 1 aromatic heterocycles. The molecular formula is C14H10ClFN2O. The van der Waals surface area contributed by atoms with Crippen LogP contribution in [0.5, 0.6) is 5.75 Å². The van der Waals surface area contributed by atoms with Gasteiger partial charge in [-0.25, -0.2) is 9.37 Å². The van der Waals surface area contributed by atoms with Crippen LogP contribution in [0, 0.1) is 5.82 Å². The molecule has 0 aliphatic heterocycles. The summed E-state index contributed by atoms with van der Waals surface area (Å²) in [5.41, 5.74) is 1.37. The Labute approximate surface area is 114 Å². The molecule has 3 aromatic rings. The first-order valence-electron chi connectivity index (χ1n) is 5.73. The molecule has 96 valence electrons. The van der Waals surface area contributed by atoms with Crippen molar-refractivity contribution in [2.45, 2.75) is 6.61 Å². The molecule has 0 fully saturated rings. The fourth-order valence-corrected chi connectivity index (χ4v) is 1.99. The highest BCUT2D eigenvalue weighted by molar-refractivity contribution is 6.30. The molecule has 0 saturated carbocycles. The zero-order valence-corrected chi connectivity index (χ0v) is 10.6. The van der Waals surface area contributed by atoms with Gasteiger partial charge in [0, 0.05) is 5.02 Å². The minimum atomic E-state index is -0.293. The molecule has 2 aromatic carbocycles. The summed E-state index contributed by atoms with van der Waals surface area (Å²) in [4.78, 5) is 7.32. The van der Waals surface area contributed by atoms with Crippen molar-refractivity contribution >= 4 is 22.6 Å². The first-order chi connectivity index (χ1) is 9.20. The van der Waals surface area contributed by atoms with Gasteiger partial charge in [0.15, 0.2) is 0 Å². The van der Waals surface area contributed by atoms with Crippen molar-refractivity contribution < 1.29 is 9.13 Å². The maximum atomic E-state index is 13.0. The quantitative estimate of drug-likeness (QED) is 0.787. The van der Waals surface area contributed by atoms with Gasteiger partial charge in [0.2, 0.25) is 0 Å². The van der Waals surface area contributed by atoms with Gasteiger partial charge in [0.25, 0.3) is 0 Å². The van der Waals surface area contributed by atoms with Crippen molar-refractivity contribution in [3.05, 3.63) is 59.1 Å². The number of hydrogen-bond acceptors (Lipinski definition) is 2. The summed E-state index contributed by atoms with van der Waals surface area (Å²) in [7, 11) is 0. The average molecular weight is 277 g/mol. The van der Waals surface area contributed by atoms with Crippen molar-refractivity contribution in [2.24, 2.45) is 0 Å². The number of halogens is 2. The molecule has 0 aliphatic rings. The van der Waals surface area contributed by atoms with E-state index in [-0.39, 0.29) is 12.4 Å². The lowest BCUT2D eigenvalue weighted by atomic mass is 10.3. The Morgan fingerprint density at radius 1 is 1.21 bits per heavy atom. The first-order valence-corrected chi connectivity index (χ1v) is 6.11. The number of imidazole rings is 1. The summed E-state index contributed by atoms with van der Waals surface area (Å²) in [6, 6.07) is 11.5. The van der Waals surface area contributed by atoms with E-state index in [2.05, 4.69) is 9.97 Å². The van der Waals surface area contributed by atoms with Crippen molar-refractivity contribution in [3.8, 4) is 5.75 Å². The number of ether oxygens (including phenoxy) is 1. The summed E-state index contributed by atoms with van der Waals surface area (Å²) in [6.07, 6.45) is 0. The van der Waals surface area contributed by atoms with Gasteiger partial charge >= 0.3 is 0 Å². The number of rotatable bonds is 3. The van der Waals surface area contributed by atoms with E-state index in [0.29, 0.717) is 27.6 Å². The molecule has 0 atom stereocenters. The van der Waals surface area contributed by atoms with Crippen molar-refractivity contribution in [1.29, 1.82) is 0 Å². The molecule has 0 saturated heterocycles. The standard InChI is InChI=1S/C14H10ClFN2O/c15-9-2-1-3-11(6-9)19-8-14-17-12-5-4-10(16)7-13(12)18-14/h1-7H,8H2,(H,17,18). The van der Waals surface area contributed by atoms with Gasteiger partial charge < -0.3 is 9.72 Å². The second kappa shape index (κ2) is 4.90. The smallest absolute Gasteiger partial charge is 0.146 e. The first kappa shape index (κ1) is 12.0. The van der Waals surface area contributed by atoms with E-state index in [9.17, 15) is 4.39 Å². The predicted octanol–water partition coefficient (Wildman–Crippen LogP) is 3.93. The van der Waals surface area contributed by atoms with Gasteiger partial charge in [-0.15, -0.1) is 0 Å². The molecule has 19 heavy (non-hydrogen) atoms. The Morgan fingerprint density at radius 3 is 2.95 bits per heavy atom. The van der Waals surface area contributed by atoms with Gasteiger partial charge in [0.1, 0.15) is 24.0 Å². The predicted molar refractivity (Wildman–Crippen MR) is 71.8 cm³/mol. The summed E-state index contributed by atoms with van der Waals surface area (Å²) in [5.74, 6) is 1.01. The molecule has 0 unspecified atom stereocenters. The van der Waals surface area contributed by atoms with Crippen molar-refractivity contribution in [3.63, 3.8) is 0 Å². The minimum Gasteiger partial charge on any atom is -0.486 e. The van der Waals surface area contributed by atoms with Crippen molar-refractivity contribution in [2.75, 3.05) is 0 Å². The van der Waals surface area contributed by atoms with E-state index < -0.39 is 0 Å².